The first-order valence-corrected chi connectivity index (χ1v) is 6.99. The van der Waals surface area contributed by atoms with Gasteiger partial charge >= 0.3 is 0 Å². The molecule has 104 valence electrons. The molecule has 0 saturated heterocycles. The van der Waals surface area contributed by atoms with Crippen LogP contribution in [0.3, 0.4) is 0 Å². The van der Waals surface area contributed by atoms with Crippen molar-refractivity contribution in [3.63, 3.8) is 0 Å². The van der Waals surface area contributed by atoms with Gasteiger partial charge in [-0.2, -0.15) is 0 Å². The quantitative estimate of drug-likeness (QED) is 0.930. The molecule has 3 rings (SSSR count). The lowest BCUT2D eigenvalue weighted by atomic mass is 10.1. The summed E-state index contributed by atoms with van der Waals surface area (Å²) in [7, 11) is 0. The fourth-order valence-corrected chi connectivity index (χ4v) is 2.70. The van der Waals surface area contributed by atoms with Gasteiger partial charge in [0.2, 0.25) is 0 Å². The van der Waals surface area contributed by atoms with Gasteiger partial charge < -0.3 is 10.1 Å². The first kappa shape index (κ1) is 13.4. The van der Waals surface area contributed by atoms with Crippen LogP contribution in [0, 0.1) is 5.82 Å². The van der Waals surface area contributed by atoms with Crippen LogP contribution in [0.2, 0.25) is 5.02 Å². The molecule has 0 bridgehead atoms. The highest BCUT2D eigenvalue weighted by atomic mass is 35.5. The van der Waals surface area contributed by atoms with E-state index < -0.39 is 0 Å². The molecule has 0 spiro atoms. The zero-order valence-electron chi connectivity index (χ0n) is 10.9. The Labute approximate surface area is 122 Å². The summed E-state index contributed by atoms with van der Waals surface area (Å²) >= 11 is 5.82. The van der Waals surface area contributed by atoms with Crippen molar-refractivity contribution < 1.29 is 9.13 Å². The average Bonchev–Trinajstić information content (AvgIpc) is 2.80. The third-order valence-corrected chi connectivity index (χ3v) is 3.56. The maximum atomic E-state index is 13.2. The molecule has 0 amide bonds. The maximum Gasteiger partial charge on any atom is 0.125 e. The van der Waals surface area contributed by atoms with E-state index in [-0.39, 0.29) is 11.9 Å². The number of hydrogen-bond acceptors (Lipinski definition) is 2. The first-order valence-electron chi connectivity index (χ1n) is 6.61. The Morgan fingerprint density at radius 2 is 2.10 bits per heavy atom. The van der Waals surface area contributed by atoms with Crippen molar-refractivity contribution in [3.05, 3.63) is 64.4 Å². The second-order valence-corrected chi connectivity index (χ2v) is 5.40. The molecule has 1 aliphatic heterocycles. The Bertz CT molecular complexity index is 572. The number of rotatable bonds is 4. The average molecular weight is 292 g/mol. The Hall–Kier alpha value is -1.58. The lowest BCUT2D eigenvalue weighted by molar-refractivity contribution is 0.227. The molecule has 2 aromatic rings. The predicted molar refractivity (Wildman–Crippen MR) is 77.7 cm³/mol. The molecule has 0 fully saturated rings. The Kier molecular flexibility index (Phi) is 3.90. The van der Waals surface area contributed by atoms with Gasteiger partial charge in [-0.3, -0.25) is 0 Å². The molecule has 1 N–H and O–H groups in total. The van der Waals surface area contributed by atoms with Crippen LogP contribution in [0.25, 0.3) is 0 Å². The zero-order chi connectivity index (χ0) is 13.9. The van der Waals surface area contributed by atoms with Crippen molar-refractivity contribution >= 4 is 11.6 Å². The number of para-hydroxylation sites is 1. The fourth-order valence-electron chi connectivity index (χ4n) is 2.46. The van der Waals surface area contributed by atoms with Crippen LogP contribution in [0.5, 0.6) is 5.75 Å². The smallest absolute Gasteiger partial charge is 0.125 e. The number of halogens is 2. The number of benzene rings is 2. The molecule has 2 aromatic carbocycles. The normalized spacial score (nSPS) is 16.8. The number of nitrogens with one attached hydrogen (secondary N) is 1. The largest absolute Gasteiger partial charge is 0.488 e. The highest BCUT2D eigenvalue weighted by Gasteiger charge is 2.21. The highest BCUT2D eigenvalue weighted by molar-refractivity contribution is 6.30. The summed E-state index contributed by atoms with van der Waals surface area (Å²) in [6, 6.07) is 12.6. The minimum absolute atomic E-state index is 0.136. The molecule has 0 radical (unpaired) electrons. The van der Waals surface area contributed by atoms with Gasteiger partial charge in [-0.05, 0) is 35.4 Å². The SMILES string of the molecule is Fc1cc(Cl)cc(CNCC2Cc3ccccc3O2)c1. The fraction of sp³-hybridized carbons (Fsp3) is 0.250. The summed E-state index contributed by atoms with van der Waals surface area (Å²) in [6.07, 6.45) is 1.05. The van der Waals surface area contributed by atoms with Crippen LogP contribution in [-0.2, 0) is 13.0 Å². The van der Waals surface area contributed by atoms with Crippen LogP contribution in [-0.4, -0.2) is 12.6 Å². The topological polar surface area (TPSA) is 21.3 Å². The van der Waals surface area contributed by atoms with Gasteiger partial charge in [0.1, 0.15) is 17.7 Å². The van der Waals surface area contributed by atoms with Crippen LogP contribution in [0.1, 0.15) is 11.1 Å². The lowest BCUT2D eigenvalue weighted by Crippen LogP contribution is -2.29. The monoisotopic (exact) mass is 291 g/mol. The van der Waals surface area contributed by atoms with E-state index in [0.717, 1.165) is 24.3 Å². The van der Waals surface area contributed by atoms with Crippen LogP contribution < -0.4 is 10.1 Å². The standard InChI is InChI=1S/C16H15ClFNO/c17-13-5-11(6-14(18)8-13)9-19-10-15-7-12-3-1-2-4-16(12)20-15/h1-6,8,15,19H,7,9-10H2. The molecule has 1 aliphatic rings. The molecular formula is C16H15ClFNO. The molecule has 20 heavy (non-hydrogen) atoms. The first-order chi connectivity index (χ1) is 9.70. The van der Waals surface area contributed by atoms with Crippen LogP contribution >= 0.6 is 11.6 Å². The molecule has 0 aliphatic carbocycles. The van der Waals surface area contributed by atoms with Crippen molar-refractivity contribution in [1.29, 1.82) is 0 Å². The summed E-state index contributed by atoms with van der Waals surface area (Å²) in [5, 5.41) is 3.71. The summed E-state index contributed by atoms with van der Waals surface area (Å²) in [6.45, 7) is 1.30. The lowest BCUT2D eigenvalue weighted by Gasteiger charge is -2.12. The van der Waals surface area contributed by atoms with Gasteiger partial charge in [-0.25, -0.2) is 4.39 Å². The van der Waals surface area contributed by atoms with Crippen molar-refractivity contribution in [2.45, 2.75) is 19.1 Å². The van der Waals surface area contributed by atoms with Gasteiger partial charge in [-0.1, -0.05) is 29.8 Å². The molecule has 1 unspecified atom stereocenters. The Morgan fingerprint density at radius 3 is 2.90 bits per heavy atom. The number of hydrogen-bond donors (Lipinski definition) is 1. The van der Waals surface area contributed by atoms with Crippen molar-refractivity contribution in [2.75, 3.05) is 6.54 Å². The van der Waals surface area contributed by atoms with E-state index in [9.17, 15) is 4.39 Å². The van der Waals surface area contributed by atoms with Crippen molar-refractivity contribution in [1.82, 2.24) is 5.32 Å². The van der Waals surface area contributed by atoms with E-state index in [0.29, 0.717) is 11.6 Å². The van der Waals surface area contributed by atoms with Gasteiger partial charge in [-0.15, -0.1) is 0 Å². The molecule has 0 saturated carbocycles. The minimum Gasteiger partial charge on any atom is -0.488 e. The maximum absolute atomic E-state index is 13.2. The van der Waals surface area contributed by atoms with Gasteiger partial charge in [0, 0.05) is 24.5 Å². The molecular weight excluding hydrogens is 277 g/mol. The molecule has 2 nitrogen and oxygen atoms in total. The Morgan fingerprint density at radius 1 is 1.25 bits per heavy atom. The van der Waals surface area contributed by atoms with Crippen LogP contribution in [0.4, 0.5) is 4.39 Å². The van der Waals surface area contributed by atoms with E-state index in [1.165, 1.54) is 17.7 Å². The molecule has 4 heteroatoms. The van der Waals surface area contributed by atoms with Gasteiger partial charge in [0.25, 0.3) is 0 Å². The van der Waals surface area contributed by atoms with E-state index in [1.54, 1.807) is 6.07 Å². The summed E-state index contributed by atoms with van der Waals surface area (Å²) in [4.78, 5) is 0. The third-order valence-electron chi connectivity index (χ3n) is 3.34. The highest BCUT2D eigenvalue weighted by Crippen LogP contribution is 2.27. The van der Waals surface area contributed by atoms with Crippen molar-refractivity contribution in [3.8, 4) is 5.75 Å². The number of fused-ring (bicyclic) bond motifs is 1. The second-order valence-electron chi connectivity index (χ2n) is 4.96. The van der Waals surface area contributed by atoms with Crippen LogP contribution in [0.15, 0.2) is 42.5 Å². The number of ether oxygens (including phenoxy) is 1. The predicted octanol–water partition coefficient (Wildman–Crippen LogP) is 3.57. The molecule has 1 atom stereocenters. The summed E-state index contributed by atoms with van der Waals surface area (Å²) in [5.74, 6) is 0.659. The molecule has 0 aromatic heterocycles. The van der Waals surface area contributed by atoms with Gasteiger partial charge in [0.15, 0.2) is 0 Å². The van der Waals surface area contributed by atoms with Crippen molar-refractivity contribution in [2.24, 2.45) is 0 Å². The summed E-state index contributed by atoms with van der Waals surface area (Å²) in [5.41, 5.74) is 2.08. The van der Waals surface area contributed by atoms with Gasteiger partial charge in [0.05, 0.1) is 0 Å². The minimum atomic E-state index is -0.307. The zero-order valence-corrected chi connectivity index (χ0v) is 11.7. The van der Waals surface area contributed by atoms with E-state index in [4.69, 9.17) is 16.3 Å². The van der Waals surface area contributed by atoms with E-state index in [1.807, 2.05) is 18.2 Å². The van der Waals surface area contributed by atoms with E-state index in [2.05, 4.69) is 11.4 Å². The van der Waals surface area contributed by atoms with E-state index >= 15 is 0 Å². The Balaban J connectivity index is 1.52. The third kappa shape index (κ3) is 3.11. The summed E-state index contributed by atoms with van der Waals surface area (Å²) < 4.78 is 19.0. The second kappa shape index (κ2) is 5.81. The molecule has 1 heterocycles.